The van der Waals surface area contributed by atoms with Gasteiger partial charge in [0, 0.05) is 31.4 Å². The molecule has 0 amide bonds. The molecule has 1 aliphatic rings. The van der Waals surface area contributed by atoms with Crippen LogP contribution in [-0.4, -0.2) is 57.0 Å². The smallest absolute Gasteiger partial charge is 0.147 e. The Hall–Kier alpha value is -0.130. The van der Waals surface area contributed by atoms with Crippen molar-refractivity contribution in [3.63, 3.8) is 0 Å². The maximum atomic E-state index is 11.1. The molecule has 1 aliphatic heterocycles. The number of hydrogen-bond donors (Lipinski definition) is 1. The normalized spacial score (nSPS) is 28.2. The lowest BCUT2D eigenvalue weighted by atomic mass is 9.94. The molecule has 0 spiro atoms. The Labute approximate surface area is 99.3 Å². The minimum atomic E-state index is -2.81. The summed E-state index contributed by atoms with van der Waals surface area (Å²) in [6, 6.07) is 0. The summed E-state index contributed by atoms with van der Waals surface area (Å²) in [5.74, 6) is 0.302. The molecule has 0 aliphatic carbocycles. The molecule has 96 valence electrons. The third-order valence-electron chi connectivity index (χ3n) is 3.53. The lowest BCUT2D eigenvalue weighted by molar-refractivity contribution is 0.0718. The van der Waals surface area contributed by atoms with E-state index in [0.717, 1.165) is 39.0 Å². The first kappa shape index (κ1) is 13.9. The van der Waals surface area contributed by atoms with Gasteiger partial charge in [-0.2, -0.15) is 0 Å². The summed E-state index contributed by atoms with van der Waals surface area (Å²) in [6.45, 7) is 8.36. The highest BCUT2D eigenvalue weighted by Gasteiger charge is 2.31. The molecule has 0 bridgehead atoms. The summed E-state index contributed by atoms with van der Waals surface area (Å²) >= 11 is 0. The zero-order valence-electron chi connectivity index (χ0n) is 10.6. The Morgan fingerprint density at radius 1 is 1.44 bits per heavy atom. The molecule has 0 radical (unpaired) electrons. The van der Waals surface area contributed by atoms with Crippen molar-refractivity contribution in [2.75, 3.05) is 38.2 Å². The molecule has 5 heteroatoms. The fourth-order valence-corrected chi connectivity index (χ4v) is 2.85. The van der Waals surface area contributed by atoms with Crippen LogP contribution in [-0.2, 0) is 9.84 Å². The van der Waals surface area contributed by atoms with E-state index in [2.05, 4.69) is 24.1 Å². The molecule has 1 heterocycles. The monoisotopic (exact) mass is 248 g/mol. The predicted molar refractivity (Wildman–Crippen MR) is 67.5 cm³/mol. The van der Waals surface area contributed by atoms with Crippen LogP contribution >= 0.6 is 0 Å². The number of sulfone groups is 1. The maximum Gasteiger partial charge on any atom is 0.147 e. The summed E-state index contributed by atoms with van der Waals surface area (Å²) in [6.07, 6.45) is 3.15. The lowest BCUT2D eigenvalue weighted by Gasteiger charge is -2.45. The first-order valence-electron chi connectivity index (χ1n) is 6.01. The standard InChI is InChI=1S/C11H24N2O2S/c1-4-11(2)10-12-6-8-13(11)7-5-9-16(3,14)15/h12H,4-10H2,1-3H3. The highest BCUT2D eigenvalue weighted by atomic mass is 32.2. The van der Waals surface area contributed by atoms with Gasteiger partial charge < -0.3 is 5.32 Å². The summed E-state index contributed by atoms with van der Waals surface area (Å²) in [4.78, 5) is 2.43. The van der Waals surface area contributed by atoms with Gasteiger partial charge in [0.15, 0.2) is 0 Å². The predicted octanol–water partition coefficient (Wildman–Crippen LogP) is 0.495. The van der Waals surface area contributed by atoms with E-state index >= 15 is 0 Å². The van der Waals surface area contributed by atoms with Crippen LogP contribution in [0.25, 0.3) is 0 Å². The van der Waals surface area contributed by atoms with Crippen molar-refractivity contribution < 1.29 is 8.42 Å². The summed E-state index contributed by atoms with van der Waals surface area (Å²) in [7, 11) is -2.81. The van der Waals surface area contributed by atoms with Crippen molar-refractivity contribution in [3.8, 4) is 0 Å². The third kappa shape index (κ3) is 4.03. The quantitative estimate of drug-likeness (QED) is 0.769. The molecule has 1 saturated heterocycles. The van der Waals surface area contributed by atoms with Crippen LogP contribution in [0.15, 0.2) is 0 Å². The van der Waals surface area contributed by atoms with E-state index in [1.54, 1.807) is 0 Å². The average molecular weight is 248 g/mol. The van der Waals surface area contributed by atoms with Crippen LogP contribution in [0.3, 0.4) is 0 Å². The molecule has 16 heavy (non-hydrogen) atoms. The molecular formula is C11H24N2O2S. The highest BCUT2D eigenvalue weighted by Crippen LogP contribution is 2.21. The lowest BCUT2D eigenvalue weighted by Crippen LogP contribution is -2.59. The Kier molecular flexibility index (Phi) is 4.76. The van der Waals surface area contributed by atoms with Gasteiger partial charge >= 0.3 is 0 Å². The molecule has 0 saturated carbocycles. The van der Waals surface area contributed by atoms with Gasteiger partial charge in [0.05, 0.1) is 5.75 Å². The molecule has 0 aromatic rings. The van der Waals surface area contributed by atoms with E-state index in [-0.39, 0.29) is 5.54 Å². The van der Waals surface area contributed by atoms with Crippen LogP contribution in [0.1, 0.15) is 26.7 Å². The number of nitrogens with zero attached hydrogens (tertiary/aromatic N) is 1. The topological polar surface area (TPSA) is 49.4 Å². The molecule has 0 aromatic carbocycles. The van der Waals surface area contributed by atoms with Crippen LogP contribution in [0.5, 0.6) is 0 Å². The first-order chi connectivity index (χ1) is 7.37. The van der Waals surface area contributed by atoms with Crippen LogP contribution < -0.4 is 5.32 Å². The first-order valence-corrected chi connectivity index (χ1v) is 8.07. The van der Waals surface area contributed by atoms with Gasteiger partial charge in [0.2, 0.25) is 0 Å². The SMILES string of the molecule is CCC1(C)CNCCN1CCCS(C)(=O)=O. The van der Waals surface area contributed by atoms with Crippen LogP contribution in [0, 0.1) is 0 Å². The minimum Gasteiger partial charge on any atom is -0.314 e. The van der Waals surface area contributed by atoms with Crippen molar-refractivity contribution in [1.29, 1.82) is 0 Å². The van der Waals surface area contributed by atoms with E-state index in [0.29, 0.717) is 5.75 Å². The van der Waals surface area contributed by atoms with Crippen molar-refractivity contribution >= 4 is 9.84 Å². The van der Waals surface area contributed by atoms with E-state index in [9.17, 15) is 8.42 Å². The maximum absolute atomic E-state index is 11.1. The number of nitrogens with one attached hydrogen (secondary N) is 1. The summed E-state index contributed by atoms with van der Waals surface area (Å²) < 4.78 is 22.1. The van der Waals surface area contributed by atoms with Crippen molar-refractivity contribution in [2.24, 2.45) is 0 Å². The Balaban J connectivity index is 2.45. The van der Waals surface area contributed by atoms with Gasteiger partial charge in [-0.25, -0.2) is 8.42 Å². The third-order valence-corrected chi connectivity index (χ3v) is 4.56. The van der Waals surface area contributed by atoms with Crippen LogP contribution in [0.2, 0.25) is 0 Å². The zero-order valence-corrected chi connectivity index (χ0v) is 11.4. The van der Waals surface area contributed by atoms with Gasteiger partial charge in [-0.3, -0.25) is 4.90 Å². The van der Waals surface area contributed by atoms with E-state index in [4.69, 9.17) is 0 Å². The average Bonchev–Trinajstić information content (AvgIpc) is 2.19. The fourth-order valence-electron chi connectivity index (χ4n) is 2.20. The Bertz CT molecular complexity index is 316. The van der Waals surface area contributed by atoms with Crippen molar-refractivity contribution in [1.82, 2.24) is 10.2 Å². The second-order valence-corrected chi connectivity index (χ2v) is 7.26. The van der Waals surface area contributed by atoms with E-state index in [1.165, 1.54) is 6.26 Å². The molecule has 0 aromatic heterocycles. The Morgan fingerprint density at radius 3 is 2.69 bits per heavy atom. The molecule has 1 N–H and O–H groups in total. The molecule has 1 rings (SSSR count). The molecule has 4 nitrogen and oxygen atoms in total. The Morgan fingerprint density at radius 2 is 2.12 bits per heavy atom. The van der Waals surface area contributed by atoms with Gasteiger partial charge in [-0.05, 0) is 26.3 Å². The second kappa shape index (κ2) is 5.47. The number of rotatable bonds is 5. The number of piperazine rings is 1. The molecule has 1 atom stereocenters. The van der Waals surface area contributed by atoms with Gasteiger partial charge in [-0.15, -0.1) is 0 Å². The van der Waals surface area contributed by atoms with Crippen molar-refractivity contribution in [2.45, 2.75) is 32.2 Å². The number of hydrogen-bond acceptors (Lipinski definition) is 4. The van der Waals surface area contributed by atoms with E-state index in [1.807, 2.05) is 0 Å². The highest BCUT2D eigenvalue weighted by molar-refractivity contribution is 7.90. The second-order valence-electron chi connectivity index (χ2n) is 5.00. The zero-order chi connectivity index (χ0) is 12.2. The summed E-state index contributed by atoms with van der Waals surface area (Å²) in [5, 5.41) is 3.40. The molecule has 1 fully saturated rings. The van der Waals surface area contributed by atoms with Crippen molar-refractivity contribution in [3.05, 3.63) is 0 Å². The van der Waals surface area contributed by atoms with Gasteiger partial charge in [0.1, 0.15) is 9.84 Å². The van der Waals surface area contributed by atoms with Crippen LogP contribution in [0.4, 0.5) is 0 Å². The summed E-state index contributed by atoms with van der Waals surface area (Å²) in [5.41, 5.74) is 0.190. The van der Waals surface area contributed by atoms with Gasteiger partial charge in [0.25, 0.3) is 0 Å². The minimum absolute atomic E-state index is 0.190. The molecule has 1 unspecified atom stereocenters. The fraction of sp³-hybridized carbons (Fsp3) is 1.00. The largest absolute Gasteiger partial charge is 0.314 e. The van der Waals surface area contributed by atoms with E-state index < -0.39 is 9.84 Å². The van der Waals surface area contributed by atoms with Gasteiger partial charge in [-0.1, -0.05) is 6.92 Å². The molecular weight excluding hydrogens is 224 g/mol.